The number of rotatable bonds is 6. The fraction of sp³-hybridized carbons (Fsp3) is 0.600. The summed E-state index contributed by atoms with van der Waals surface area (Å²) in [4.78, 5) is 2.43. The summed E-state index contributed by atoms with van der Waals surface area (Å²) in [6.45, 7) is 2.22. The summed E-state index contributed by atoms with van der Waals surface area (Å²) in [6.07, 6.45) is 5.39. The molecule has 0 saturated heterocycles. The van der Waals surface area contributed by atoms with Gasteiger partial charge in [-0.2, -0.15) is 0 Å². The number of benzene rings is 1. The lowest BCUT2D eigenvalue weighted by Crippen LogP contribution is -2.29. The lowest BCUT2D eigenvalue weighted by Gasteiger charge is -2.27. The molecule has 0 aliphatic heterocycles. The highest BCUT2D eigenvalue weighted by Crippen LogP contribution is 2.37. The molecule has 18 heavy (non-hydrogen) atoms. The summed E-state index contributed by atoms with van der Waals surface area (Å²) in [5.41, 5.74) is 1.92. The molecule has 3 rings (SSSR count). The van der Waals surface area contributed by atoms with Crippen molar-refractivity contribution >= 4 is 21.6 Å². The number of alkyl halides is 1. The summed E-state index contributed by atoms with van der Waals surface area (Å²) in [7, 11) is 0. The Morgan fingerprint density at radius 1 is 1.11 bits per heavy atom. The van der Waals surface area contributed by atoms with Crippen molar-refractivity contribution in [2.45, 2.75) is 31.0 Å². The minimum absolute atomic E-state index is 0.0824. The van der Waals surface area contributed by atoms with Crippen LogP contribution in [0.25, 0.3) is 0 Å². The van der Waals surface area contributed by atoms with Crippen LogP contribution in [-0.2, 0) is 5.33 Å². The van der Waals surface area contributed by atoms with E-state index in [2.05, 4.69) is 26.9 Å². The van der Waals surface area contributed by atoms with Gasteiger partial charge < -0.3 is 4.90 Å². The standard InChI is InChI=1S/C15H19BrFN/c16-8-13-14(17)2-1-3-15(13)18(9-11-4-5-11)10-12-6-7-12/h1-3,11-12H,4-10H2. The average Bonchev–Trinajstić information content (AvgIpc) is 3.22. The minimum atomic E-state index is -0.0824. The van der Waals surface area contributed by atoms with Crippen LogP contribution in [0, 0.1) is 17.7 Å². The van der Waals surface area contributed by atoms with Gasteiger partial charge in [-0.25, -0.2) is 4.39 Å². The lowest BCUT2D eigenvalue weighted by atomic mass is 10.1. The molecule has 0 atom stereocenters. The van der Waals surface area contributed by atoms with E-state index in [1.165, 1.54) is 25.7 Å². The maximum absolute atomic E-state index is 13.9. The minimum Gasteiger partial charge on any atom is -0.371 e. The van der Waals surface area contributed by atoms with Crippen LogP contribution < -0.4 is 4.90 Å². The second-order valence-electron chi connectivity index (χ2n) is 5.66. The molecule has 1 aromatic rings. The monoisotopic (exact) mass is 311 g/mol. The summed E-state index contributed by atoms with van der Waals surface area (Å²) < 4.78 is 13.9. The van der Waals surface area contributed by atoms with Crippen molar-refractivity contribution in [1.82, 2.24) is 0 Å². The summed E-state index contributed by atoms with van der Waals surface area (Å²) in [5.74, 6) is 1.60. The molecule has 2 saturated carbocycles. The Bertz CT molecular complexity index is 413. The van der Waals surface area contributed by atoms with Gasteiger partial charge in [0, 0.05) is 29.7 Å². The van der Waals surface area contributed by atoms with E-state index in [-0.39, 0.29) is 5.82 Å². The van der Waals surface area contributed by atoms with Gasteiger partial charge in [-0.15, -0.1) is 0 Å². The SMILES string of the molecule is Fc1cccc(N(CC2CC2)CC2CC2)c1CBr. The highest BCUT2D eigenvalue weighted by Gasteiger charge is 2.30. The third-order valence-corrected chi connectivity index (χ3v) is 4.48. The third-order valence-electron chi connectivity index (χ3n) is 3.92. The molecule has 1 aromatic carbocycles. The van der Waals surface area contributed by atoms with E-state index in [9.17, 15) is 4.39 Å². The predicted octanol–water partition coefficient (Wildman–Crippen LogP) is 4.35. The van der Waals surface area contributed by atoms with Gasteiger partial charge in [0.25, 0.3) is 0 Å². The molecule has 3 heteroatoms. The largest absolute Gasteiger partial charge is 0.371 e. The molecule has 0 amide bonds. The van der Waals surface area contributed by atoms with Gasteiger partial charge in [0.2, 0.25) is 0 Å². The van der Waals surface area contributed by atoms with E-state index < -0.39 is 0 Å². The Balaban J connectivity index is 1.84. The molecule has 0 spiro atoms. The van der Waals surface area contributed by atoms with Crippen molar-refractivity contribution in [3.63, 3.8) is 0 Å². The first-order valence-corrected chi connectivity index (χ1v) is 7.98. The van der Waals surface area contributed by atoms with E-state index in [4.69, 9.17) is 0 Å². The number of halogens is 2. The van der Waals surface area contributed by atoms with Gasteiger partial charge in [0.1, 0.15) is 5.82 Å². The second-order valence-corrected chi connectivity index (χ2v) is 6.22. The van der Waals surface area contributed by atoms with Gasteiger partial charge >= 0.3 is 0 Å². The predicted molar refractivity (Wildman–Crippen MR) is 76.7 cm³/mol. The zero-order valence-corrected chi connectivity index (χ0v) is 12.1. The molecular weight excluding hydrogens is 293 g/mol. The molecule has 0 N–H and O–H groups in total. The number of hydrogen-bond acceptors (Lipinski definition) is 1. The third kappa shape index (κ3) is 2.87. The van der Waals surface area contributed by atoms with Crippen LogP contribution in [0.4, 0.5) is 10.1 Å². The summed E-state index contributed by atoms with van der Waals surface area (Å²) in [5, 5.41) is 0.598. The summed E-state index contributed by atoms with van der Waals surface area (Å²) >= 11 is 3.42. The van der Waals surface area contributed by atoms with Gasteiger partial charge in [-0.05, 0) is 49.7 Å². The molecule has 2 fully saturated rings. The highest BCUT2D eigenvalue weighted by molar-refractivity contribution is 9.08. The van der Waals surface area contributed by atoms with Crippen molar-refractivity contribution in [2.75, 3.05) is 18.0 Å². The lowest BCUT2D eigenvalue weighted by molar-refractivity contribution is 0.612. The quantitative estimate of drug-likeness (QED) is 0.706. The topological polar surface area (TPSA) is 3.24 Å². The normalized spacial score (nSPS) is 19.0. The van der Waals surface area contributed by atoms with Crippen molar-refractivity contribution in [1.29, 1.82) is 0 Å². The highest BCUT2D eigenvalue weighted by atomic mass is 79.9. The molecule has 0 unspecified atom stereocenters. The number of hydrogen-bond donors (Lipinski definition) is 0. The maximum atomic E-state index is 13.9. The molecule has 1 nitrogen and oxygen atoms in total. The fourth-order valence-corrected chi connectivity index (χ4v) is 3.03. The zero-order valence-electron chi connectivity index (χ0n) is 10.5. The molecular formula is C15H19BrFN. The molecule has 0 heterocycles. The van der Waals surface area contributed by atoms with E-state index in [1.807, 2.05) is 6.07 Å². The first kappa shape index (κ1) is 12.5. The van der Waals surface area contributed by atoms with Crippen LogP contribution in [0.5, 0.6) is 0 Å². The van der Waals surface area contributed by atoms with Crippen LogP contribution in [0.2, 0.25) is 0 Å². The average molecular weight is 312 g/mol. The van der Waals surface area contributed by atoms with Gasteiger partial charge in [0.15, 0.2) is 0 Å². The molecule has 0 aromatic heterocycles. The number of anilines is 1. The zero-order chi connectivity index (χ0) is 12.5. The molecule has 0 radical (unpaired) electrons. The Labute approximate surface area is 116 Å². The first-order valence-electron chi connectivity index (χ1n) is 6.86. The van der Waals surface area contributed by atoms with Crippen molar-refractivity contribution in [2.24, 2.45) is 11.8 Å². The molecule has 98 valence electrons. The van der Waals surface area contributed by atoms with Gasteiger partial charge in [0.05, 0.1) is 0 Å². The van der Waals surface area contributed by atoms with Crippen LogP contribution in [0.15, 0.2) is 18.2 Å². The van der Waals surface area contributed by atoms with Crippen LogP contribution in [0.1, 0.15) is 31.2 Å². The Morgan fingerprint density at radius 3 is 2.22 bits per heavy atom. The van der Waals surface area contributed by atoms with Crippen molar-refractivity contribution in [3.05, 3.63) is 29.6 Å². The number of nitrogens with zero attached hydrogens (tertiary/aromatic N) is 1. The van der Waals surface area contributed by atoms with Crippen molar-refractivity contribution in [3.8, 4) is 0 Å². The second kappa shape index (κ2) is 5.20. The Morgan fingerprint density at radius 2 is 1.72 bits per heavy atom. The molecule has 2 aliphatic carbocycles. The van der Waals surface area contributed by atoms with E-state index >= 15 is 0 Å². The molecule has 2 aliphatic rings. The van der Waals surface area contributed by atoms with E-state index in [0.717, 1.165) is 36.2 Å². The van der Waals surface area contributed by atoms with Gasteiger partial charge in [-0.3, -0.25) is 0 Å². The van der Waals surface area contributed by atoms with E-state index in [0.29, 0.717) is 5.33 Å². The smallest absolute Gasteiger partial charge is 0.129 e. The van der Waals surface area contributed by atoms with E-state index in [1.54, 1.807) is 6.07 Å². The van der Waals surface area contributed by atoms with Crippen LogP contribution in [0.3, 0.4) is 0 Å². The van der Waals surface area contributed by atoms with Gasteiger partial charge in [-0.1, -0.05) is 22.0 Å². The Kier molecular flexibility index (Phi) is 3.60. The van der Waals surface area contributed by atoms with Crippen LogP contribution in [-0.4, -0.2) is 13.1 Å². The fourth-order valence-electron chi connectivity index (χ4n) is 2.47. The maximum Gasteiger partial charge on any atom is 0.129 e. The first-order chi connectivity index (χ1) is 8.78. The Hall–Kier alpha value is -0.570. The molecule has 0 bridgehead atoms. The van der Waals surface area contributed by atoms with Crippen LogP contribution >= 0.6 is 15.9 Å². The van der Waals surface area contributed by atoms with Crippen molar-refractivity contribution < 1.29 is 4.39 Å². The summed E-state index contributed by atoms with van der Waals surface area (Å²) in [6, 6.07) is 5.47.